The molecule has 9 nitrogen and oxygen atoms in total. The van der Waals surface area contributed by atoms with Crippen molar-refractivity contribution in [1.82, 2.24) is 9.78 Å². The molecule has 0 fully saturated rings. The smallest absolute Gasteiger partial charge is 0.348 e. The molecule has 0 aliphatic rings. The number of ether oxygens (including phenoxy) is 3. The Morgan fingerprint density at radius 2 is 1.77 bits per heavy atom. The van der Waals surface area contributed by atoms with Gasteiger partial charge in [-0.3, -0.25) is 4.79 Å². The van der Waals surface area contributed by atoms with Gasteiger partial charge in [0.15, 0.2) is 12.4 Å². The highest BCUT2D eigenvalue weighted by molar-refractivity contribution is 7.18. The number of para-hydroxylation sites is 1. The lowest BCUT2D eigenvalue weighted by atomic mass is 10.1. The van der Waals surface area contributed by atoms with Crippen LogP contribution in [0, 0.1) is 13.8 Å². The van der Waals surface area contributed by atoms with Gasteiger partial charge < -0.3 is 19.5 Å². The van der Waals surface area contributed by atoms with E-state index in [0.29, 0.717) is 5.56 Å². The van der Waals surface area contributed by atoms with Crippen molar-refractivity contribution in [2.75, 3.05) is 19.5 Å². The molecule has 0 aliphatic heterocycles. The summed E-state index contributed by atoms with van der Waals surface area (Å²) in [5.74, 6) is -1.10. The van der Waals surface area contributed by atoms with Crippen molar-refractivity contribution >= 4 is 34.2 Å². The number of carbonyl (C=O) groups is 3. The van der Waals surface area contributed by atoms with Crippen molar-refractivity contribution in [3.8, 4) is 5.75 Å². The first-order valence-electron chi connectivity index (χ1n) is 9.19. The van der Waals surface area contributed by atoms with Crippen molar-refractivity contribution < 1.29 is 28.6 Å². The van der Waals surface area contributed by atoms with Gasteiger partial charge in [-0.15, -0.1) is 11.3 Å². The number of hydrogen-bond acceptors (Lipinski definition) is 8. The minimum absolute atomic E-state index is 0.101. The van der Waals surface area contributed by atoms with Crippen LogP contribution in [-0.4, -0.2) is 41.8 Å². The third kappa shape index (κ3) is 4.75. The fraction of sp³-hybridized carbons (Fsp3) is 0.238. The number of amides is 1. The zero-order valence-corrected chi connectivity index (χ0v) is 18.2. The molecule has 2 heterocycles. The number of aryl methyl sites for hydroxylation is 1. The summed E-state index contributed by atoms with van der Waals surface area (Å²) in [5.41, 5.74) is 1.58. The second-order valence-electron chi connectivity index (χ2n) is 6.48. The minimum atomic E-state index is -0.670. The fourth-order valence-electron chi connectivity index (χ4n) is 2.81. The molecule has 1 amide bonds. The van der Waals surface area contributed by atoms with Crippen molar-refractivity contribution in [2.24, 2.45) is 0 Å². The predicted octanol–water partition coefficient (Wildman–Crippen LogP) is 3.42. The fourth-order valence-corrected chi connectivity index (χ4v) is 3.92. The molecule has 162 valence electrons. The van der Waals surface area contributed by atoms with Gasteiger partial charge in [-0.2, -0.15) is 5.10 Å². The molecule has 0 saturated heterocycles. The number of esters is 2. The number of benzene rings is 1. The Balaban J connectivity index is 1.77. The summed E-state index contributed by atoms with van der Waals surface area (Å²) >= 11 is 0.935. The van der Waals surface area contributed by atoms with E-state index in [9.17, 15) is 14.4 Å². The maximum absolute atomic E-state index is 12.7. The molecular formula is C21H21N3O6S. The molecule has 0 atom stereocenters. The molecule has 0 aliphatic carbocycles. The Kier molecular flexibility index (Phi) is 6.71. The van der Waals surface area contributed by atoms with E-state index in [1.54, 1.807) is 13.1 Å². The molecule has 3 aromatic rings. The number of nitrogens with zero attached hydrogens (tertiary/aromatic N) is 2. The van der Waals surface area contributed by atoms with Gasteiger partial charge in [0.25, 0.3) is 5.91 Å². The zero-order valence-electron chi connectivity index (χ0n) is 17.4. The molecule has 1 N–H and O–H groups in total. The van der Waals surface area contributed by atoms with Crippen molar-refractivity contribution in [3.05, 3.63) is 63.8 Å². The van der Waals surface area contributed by atoms with Gasteiger partial charge >= 0.3 is 11.9 Å². The Labute approximate surface area is 182 Å². The van der Waals surface area contributed by atoms with Crippen molar-refractivity contribution in [3.63, 3.8) is 0 Å². The highest BCUT2D eigenvalue weighted by Crippen LogP contribution is 2.34. The summed E-state index contributed by atoms with van der Waals surface area (Å²) in [5, 5.41) is 7.02. The average molecular weight is 443 g/mol. The number of rotatable bonds is 7. The summed E-state index contributed by atoms with van der Waals surface area (Å²) in [4.78, 5) is 37.1. The third-order valence-electron chi connectivity index (χ3n) is 4.45. The van der Waals surface area contributed by atoms with Crippen LogP contribution in [0.5, 0.6) is 5.75 Å². The Hall–Kier alpha value is -3.66. The largest absolute Gasteiger partial charge is 0.471 e. The Morgan fingerprint density at radius 1 is 1.06 bits per heavy atom. The van der Waals surface area contributed by atoms with Gasteiger partial charge in [0.2, 0.25) is 0 Å². The van der Waals surface area contributed by atoms with Crippen LogP contribution >= 0.6 is 11.3 Å². The summed E-state index contributed by atoms with van der Waals surface area (Å²) in [6.45, 7) is 3.64. The molecular weight excluding hydrogens is 422 g/mol. The van der Waals surface area contributed by atoms with Gasteiger partial charge in [0, 0.05) is 6.20 Å². The van der Waals surface area contributed by atoms with E-state index in [-0.39, 0.29) is 27.9 Å². The number of aromatic nitrogens is 2. The van der Waals surface area contributed by atoms with E-state index >= 15 is 0 Å². The van der Waals surface area contributed by atoms with E-state index in [4.69, 9.17) is 14.2 Å². The van der Waals surface area contributed by atoms with E-state index in [1.165, 1.54) is 25.0 Å². The summed E-state index contributed by atoms with van der Waals surface area (Å²) in [6, 6.07) is 9.09. The van der Waals surface area contributed by atoms with Crippen LogP contribution in [0.1, 0.15) is 41.6 Å². The molecule has 0 bridgehead atoms. The molecule has 0 radical (unpaired) electrons. The number of thiophene rings is 1. The van der Waals surface area contributed by atoms with Crippen LogP contribution in [0.2, 0.25) is 0 Å². The molecule has 0 saturated carbocycles. The molecule has 0 spiro atoms. The van der Waals surface area contributed by atoms with E-state index in [0.717, 1.165) is 22.6 Å². The summed E-state index contributed by atoms with van der Waals surface area (Å²) < 4.78 is 16.7. The number of carbonyl (C=O) groups excluding carboxylic acids is 3. The SMILES string of the molecule is COC(=O)c1sc(NC(=O)c2ccn(COc3ccccc3C)n2)c(C(=O)OC)c1C. The Morgan fingerprint density at radius 3 is 2.45 bits per heavy atom. The van der Waals surface area contributed by atoms with Gasteiger partial charge in [-0.05, 0) is 37.1 Å². The van der Waals surface area contributed by atoms with Crippen LogP contribution in [0.4, 0.5) is 5.00 Å². The number of methoxy groups -OCH3 is 2. The van der Waals surface area contributed by atoms with E-state index < -0.39 is 17.8 Å². The minimum Gasteiger partial charge on any atom is -0.471 e. The normalized spacial score (nSPS) is 10.5. The molecule has 0 unspecified atom stereocenters. The first-order valence-corrected chi connectivity index (χ1v) is 10.0. The van der Waals surface area contributed by atoms with Gasteiger partial charge in [-0.25, -0.2) is 14.3 Å². The second-order valence-corrected chi connectivity index (χ2v) is 7.50. The lowest BCUT2D eigenvalue weighted by Crippen LogP contribution is -2.16. The van der Waals surface area contributed by atoms with Crippen LogP contribution in [-0.2, 0) is 16.2 Å². The number of anilines is 1. The lowest BCUT2D eigenvalue weighted by molar-refractivity contribution is 0.0601. The topological polar surface area (TPSA) is 109 Å². The Bertz CT molecular complexity index is 1130. The van der Waals surface area contributed by atoms with Crippen LogP contribution in [0.25, 0.3) is 0 Å². The molecule has 1 aromatic carbocycles. The van der Waals surface area contributed by atoms with Gasteiger partial charge in [0.1, 0.15) is 15.6 Å². The first kappa shape index (κ1) is 22.0. The van der Waals surface area contributed by atoms with Crippen molar-refractivity contribution in [1.29, 1.82) is 0 Å². The van der Waals surface area contributed by atoms with Crippen LogP contribution in [0.15, 0.2) is 36.5 Å². The molecule has 2 aromatic heterocycles. The van der Waals surface area contributed by atoms with Crippen LogP contribution < -0.4 is 10.1 Å². The number of hydrogen-bond donors (Lipinski definition) is 1. The number of nitrogens with one attached hydrogen (secondary N) is 1. The highest BCUT2D eigenvalue weighted by Gasteiger charge is 2.27. The predicted molar refractivity (Wildman–Crippen MR) is 114 cm³/mol. The zero-order chi connectivity index (χ0) is 22.5. The highest BCUT2D eigenvalue weighted by atomic mass is 32.1. The van der Waals surface area contributed by atoms with Gasteiger partial charge in [0.05, 0.1) is 19.8 Å². The van der Waals surface area contributed by atoms with Crippen molar-refractivity contribution in [2.45, 2.75) is 20.6 Å². The summed E-state index contributed by atoms with van der Waals surface area (Å²) in [7, 11) is 2.46. The summed E-state index contributed by atoms with van der Waals surface area (Å²) in [6.07, 6.45) is 1.61. The van der Waals surface area contributed by atoms with E-state index in [1.807, 2.05) is 31.2 Å². The lowest BCUT2D eigenvalue weighted by Gasteiger charge is -2.08. The molecule has 3 rings (SSSR count). The van der Waals surface area contributed by atoms with E-state index in [2.05, 4.69) is 10.4 Å². The average Bonchev–Trinajstić information content (AvgIpc) is 3.37. The quantitative estimate of drug-likeness (QED) is 0.557. The van der Waals surface area contributed by atoms with Gasteiger partial charge in [-0.1, -0.05) is 18.2 Å². The molecule has 10 heteroatoms. The van der Waals surface area contributed by atoms with Crippen LogP contribution in [0.3, 0.4) is 0 Å². The second kappa shape index (κ2) is 9.43. The molecule has 31 heavy (non-hydrogen) atoms. The first-order chi connectivity index (χ1) is 14.8. The standard InChI is InChI=1S/C21H21N3O6S/c1-12-7-5-6-8-15(12)30-11-24-10-9-14(23-24)18(25)22-19-16(20(26)28-3)13(2)17(31-19)21(27)29-4/h5-10H,11H2,1-4H3,(H,22,25). The maximum atomic E-state index is 12.7. The monoisotopic (exact) mass is 443 g/mol. The third-order valence-corrected chi connectivity index (χ3v) is 5.64. The maximum Gasteiger partial charge on any atom is 0.348 e.